The van der Waals surface area contributed by atoms with Crippen molar-refractivity contribution in [2.75, 3.05) is 7.11 Å². The molecule has 0 heterocycles. The molecular formula is C13H26Na3O5S. The van der Waals surface area contributed by atoms with Crippen LogP contribution in [0.3, 0.4) is 0 Å². The Morgan fingerprint density at radius 2 is 1.36 bits per heavy atom. The number of carbonyl (C=O) groups excluding carboxylic acids is 1. The molecule has 0 amide bonds. The zero-order valence-corrected chi connectivity index (χ0v) is 21.7. The van der Waals surface area contributed by atoms with E-state index in [1.165, 1.54) is 25.7 Å². The van der Waals surface area contributed by atoms with E-state index in [4.69, 9.17) is 4.55 Å². The van der Waals surface area contributed by atoms with E-state index in [9.17, 15) is 13.2 Å². The topological polar surface area (TPSA) is 80.7 Å². The van der Waals surface area contributed by atoms with Crippen LogP contribution < -0.4 is 0 Å². The summed E-state index contributed by atoms with van der Waals surface area (Å²) in [6.45, 7) is 2.17. The molecule has 0 spiro atoms. The van der Waals surface area contributed by atoms with Crippen molar-refractivity contribution in [1.29, 1.82) is 0 Å². The molecule has 0 saturated carbocycles. The second kappa shape index (κ2) is 19.7. The van der Waals surface area contributed by atoms with Gasteiger partial charge in [-0.15, -0.1) is 0 Å². The molecule has 22 heavy (non-hydrogen) atoms. The molecule has 0 saturated heterocycles. The van der Waals surface area contributed by atoms with Gasteiger partial charge in [0.05, 0.1) is 7.11 Å². The van der Waals surface area contributed by atoms with Crippen LogP contribution in [0.2, 0.25) is 0 Å². The molecule has 0 rings (SSSR count). The van der Waals surface area contributed by atoms with Gasteiger partial charge in [0.25, 0.3) is 10.1 Å². The molecule has 0 aliphatic rings. The summed E-state index contributed by atoms with van der Waals surface area (Å²) in [5.74, 6) is -0.884. The molecule has 0 aromatic carbocycles. The molecule has 0 aliphatic carbocycles. The fraction of sp³-hybridized carbons (Fsp3) is 0.923. The first kappa shape index (κ1) is 32.1. The Hall–Kier alpha value is 2.38. The number of hydrogen-bond donors (Lipinski definition) is 1. The standard InChI is InChI=1S/C13H26O5S.3Na/c1-3-4-5-6-7-8-9-10-11-12(13(14)18-2)19(15,16)17;;;/h12H,3-11H2,1-2H3,(H,15,16,17);;;. The van der Waals surface area contributed by atoms with E-state index in [1.807, 2.05) is 0 Å². The molecule has 1 N–H and O–H groups in total. The Labute approximate surface area is 201 Å². The third kappa shape index (κ3) is 17.2. The summed E-state index contributed by atoms with van der Waals surface area (Å²) in [7, 11) is -3.24. The fourth-order valence-corrected chi connectivity index (χ4v) is 2.79. The van der Waals surface area contributed by atoms with Crippen LogP contribution in [0.4, 0.5) is 0 Å². The van der Waals surface area contributed by atoms with Crippen LogP contribution in [0, 0.1) is 0 Å². The van der Waals surface area contributed by atoms with Gasteiger partial charge >= 0.3 is 5.97 Å². The van der Waals surface area contributed by atoms with E-state index in [1.54, 1.807) is 0 Å². The van der Waals surface area contributed by atoms with E-state index in [0.29, 0.717) is 6.42 Å². The van der Waals surface area contributed by atoms with Crippen molar-refractivity contribution in [3.05, 3.63) is 0 Å². The second-order valence-corrected chi connectivity index (χ2v) is 6.39. The number of esters is 1. The van der Waals surface area contributed by atoms with Crippen LogP contribution in [-0.2, 0) is 19.6 Å². The maximum absolute atomic E-state index is 11.2. The van der Waals surface area contributed by atoms with Crippen molar-refractivity contribution in [3.63, 3.8) is 0 Å². The summed E-state index contributed by atoms with van der Waals surface area (Å²) >= 11 is 0. The molecule has 0 aromatic rings. The van der Waals surface area contributed by atoms with E-state index >= 15 is 0 Å². The first-order valence-corrected chi connectivity index (χ1v) is 8.48. The maximum Gasteiger partial charge on any atom is 0.326 e. The van der Waals surface area contributed by atoms with Crippen LogP contribution in [0.25, 0.3) is 0 Å². The van der Waals surface area contributed by atoms with Gasteiger partial charge < -0.3 is 4.74 Å². The van der Waals surface area contributed by atoms with Gasteiger partial charge in [0, 0.05) is 88.7 Å². The normalized spacial score (nSPS) is 11.4. The monoisotopic (exact) mass is 363 g/mol. The molecule has 0 bridgehead atoms. The van der Waals surface area contributed by atoms with Crippen molar-refractivity contribution in [1.82, 2.24) is 0 Å². The number of unbranched alkanes of at least 4 members (excludes halogenated alkanes) is 7. The van der Waals surface area contributed by atoms with Gasteiger partial charge in [-0.3, -0.25) is 9.35 Å². The Morgan fingerprint density at radius 1 is 0.955 bits per heavy atom. The zero-order valence-electron chi connectivity index (χ0n) is 14.9. The zero-order chi connectivity index (χ0) is 14.7. The van der Waals surface area contributed by atoms with Crippen LogP contribution in [0.1, 0.15) is 64.7 Å². The summed E-state index contributed by atoms with van der Waals surface area (Å²) in [6, 6.07) is 0. The van der Waals surface area contributed by atoms with Gasteiger partial charge in [0.2, 0.25) is 0 Å². The predicted octanol–water partition coefficient (Wildman–Crippen LogP) is 1.80. The molecule has 3 radical (unpaired) electrons. The van der Waals surface area contributed by atoms with Gasteiger partial charge in [0.1, 0.15) is 0 Å². The number of ether oxygens (including phenoxy) is 1. The van der Waals surface area contributed by atoms with Crippen molar-refractivity contribution in [2.45, 2.75) is 70.0 Å². The largest absolute Gasteiger partial charge is 0.468 e. The number of methoxy groups -OCH3 is 1. The predicted molar refractivity (Wildman–Crippen MR) is 91.8 cm³/mol. The van der Waals surface area contributed by atoms with Crippen molar-refractivity contribution >= 4 is 105 Å². The quantitative estimate of drug-likeness (QED) is 0.262. The van der Waals surface area contributed by atoms with Gasteiger partial charge in [-0.2, -0.15) is 8.42 Å². The maximum atomic E-state index is 11.2. The van der Waals surface area contributed by atoms with Crippen LogP contribution in [-0.4, -0.2) is 120 Å². The minimum atomic E-state index is -4.36. The van der Waals surface area contributed by atoms with E-state index in [0.717, 1.165) is 26.4 Å². The Morgan fingerprint density at radius 3 is 1.73 bits per heavy atom. The van der Waals surface area contributed by atoms with Crippen molar-refractivity contribution in [2.24, 2.45) is 0 Å². The Bertz CT molecular complexity index is 350. The van der Waals surface area contributed by atoms with Gasteiger partial charge in [-0.1, -0.05) is 58.3 Å². The average molecular weight is 363 g/mol. The Kier molecular flexibility index (Phi) is 28.7. The van der Waals surface area contributed by atoms with E-state index in [2.05, 4.69) is 11.7 Å². The summed E-state index contributed by atoms with van der Waals surface area (Å²) in [6.07, 6.45) is 8.68. The van der Waals surface area contributed by atoms with Gasteiger partial charge in [0.15, 0.2) is 5.25 Å². The molecule has 0 fully saturated rings. The smallest absolute Gasteiger partial charge is 0.326 e. The number of carbonyl (C=O) groups is 1. The first-order chi connectivity index (χ1) is 8.93. The molecular weight excluding hydrogens is 337 g/mol. The summed E-state index contributed by atoms with van der Waals surface area (Å²) in [4.78, 5) is 11.2. The van der Waals surface area contributed by atoms with Crippen molar-refractivity contribution in [3.8, 4) is 0 Å². The van der Waals surface area contributed by atoms with Crippen LogP contribution in [0.5, 0.6) is 0 Å². The molecule has 1 atom stereocenters. The first-order valence-electron chi connectivity index (χ1n) is 6.97. The second-order valence-electron chi connectivity index (χ2n) is 4.79. The molecule has 1 unspecified atom stereocenters. The van der Waals surface area contributed by atoms with E-state index < -0.39 is 21.3 Å². The fourth-order valence-electron chi connectivity index (χ4n) is 1.98. The SMILES string of the molecule is CCCCCCCCCCC(C(=O)OC)S(=O)(=O)O.[Na].[Na].[Na]. The van der Waals surface area contributed by atoms with Crippen LogP contribution in [0.15, 0.2) is 0 Å². The molecule has 0 aromatic heterocycles. The molecule has 117 valence electrons. The molecule has 0 aliphatic heterocycles. The number of rotatable bonds is 11. The summed E-state index contributed by atoms with van der Waals surface area (Å²) in [5.41, 5.74) is 0. The number of hydrogen-bond acceptors (Lipinski definition) is 4. The minimum absolute atomic E-state index is 0. The summed E-state index contributed by atoms with van der Waals surface area (Å²) < 4.78 is 35.4. The van der Waals surface area contributed by atoms with Gasteiger partial charge in [-0.25, -0.2) is 0 Å². The summed E-state index contributed by atoms with van der Waals surface area (Å²) in [5, 5.41) is -1.43. The van der Waals surface area contributed by atoms with E-state index in [-0.39, 0.29) is 95.1 Å². The third-order valence-corrected chi connectivity index (χ3v) is 4.29. The molecule has 9 heteroatoms. The van der Waals surface area contributed by atoms with Crippen LogP contribution >= 0.6 is 0 Å². The molecule has 5 nitrogen and oxygen atoms in total. The van der Waals surface area contributed by atoms with Crippen molar-refractivity contribution < 1.29 is 22.5 Å². The van der Waals surface area contributed by atoms with Gasteiger partial charge in [-0.05, 0) is 6.42 Å². The third-order valence-electron chi connectivity index (χ3n) is 3.14. The minimum Gasteiger partial charge on any atom is -0.468 e. The average Bonchev–Trinajstić information content (AvgIpc) is 2.34. The Balaban J connectivity index is -0.000000540.